The van der Waals surface area contributed by atoms with Gasteiger partial charge in [-0.25, -0.2) is 9.97 Å². The molecule has 2 aromatic heterocycles. The van der Waals surface area contributed by atoms with Crippen LogP contribution < -0.4 is 5.73 Å². The molecule has 6 nitrogen and oxygen atoms in total. The summed E-state index contributed by atoms with van der Waals surface area (Å²) in [5, 5.41) is 10.9. The molecule has 0 radical (unpaired) electrons. The maximum absolute atomic E-state index is 10.6. The van der Waals surface area contributed by atoms with Gasteiger partial charge in [-0.2, -0.15) is 0 Å². The molecule has 15 heavy (non-hydrogen) atoms. The van der Waals surface area contributed by atoms with Crippen LogP contribution in [0.1, 0.15) is 11.7 Å². The molecule has 2 aromatic rings. The van der Waals surface area contributed by atoms with E-state index in [9.17, 15) is 4.79 Å². The summed E-state index contributed by atoms with van der Waals surface area (Å²) in [6.07, 6.45) is 3.28. The van der Waals surface area contributed by atoms with Crippen LogP contribution in [0.2, 0.25) is 0 Å². The number of imidazole rings is 1. The molecule has 4 N–H and O–H groups in total. The van der Waals surface area contributed by atoms with Gasteiger partial charge < -0.3 is 15.8 Å². The molecular weight excluding hydrogens is 216 g/mol. The van der Waals surface area contributed by atoms with Crippen molar-refractivity contribution in [1.29, 1.82) is 0 Å². The average molecular weight is 224 g/mol. The van der Waals surface area contributed by atoms with Crippen molar-refractivity contribution in [2.75, 3.05) is 0 Å². The summed E-state index contributed by atoms with van der Waals surface area (Å²) in [5.74, 6) is -0.477. The maximum Gasteiger partial charge on any atom is 0.326 e. The van der Waals surface area contributed by atoms with E-state index in [4.69, 9.17) is 10.8 Å². The zero-order valence-electron chi connectivity index (χ0n) is 7.54. The second-order valence-electron chi connectivity index (χ2n) is 2.83. The third kappa shape index (κ3) is 1.88. The van der Waals surface area contributed by atoms with E-state index in [2.05, 4.69) is 15.0 Å². The fraction of sp³-hybridized carbons (Fsp3) is 0.125. The van der Waals surface area contributed by atoms with Crippen molar-refractivity contribution in [1.82, 2.24) is 15.0 Å². The Morgan fingerprint density at radius 3 is 3.07 bits per heavy atom. The summed E-state index contributed by atoms with van der Waals surface area (Å²) in [6, 6.07) is -1.08. The number of rotatable bonds is 3. The molecule has 0 spiro atoms. The highest BCUT2D eigenvalue weighted by molar-refractivity contribution is 7.13. The first-order valence-electron chi connectivity index (χ1n) is 4.12. The highest BCUT2D eigenvalue weighted by Gasteiger charge is 2.18. The smallest absolute Gasteiger partial charge is 0.326 e. The number of carboxylic acids is 1. The van der Waals surface area contributed by atoms with E-state index in [0.29, 0.717) is 16.5 Å². The molecular formula is C8H8N4O2S. The van der Waals surface area contributed by atoms with Crippen LogP contribution in [0.25, 0.3) is 10.8 Å². The number of nitrogens with zero attached hydrogens (tertiary/aromatic N) is 2. The lowest BCUT2D eigenvalue weighted by atomic mass is 10.2. The lowest BCUT2D eigenvalue weighted by Crippen LogP contribution is -2.20. The lowest BCUT2D eigenvalue weighted by molar-refractivity contribution is -0.138. The molecule has 0 saturated heterocycles. The molecule has 0 aliphatic carbocycles. The molecule has 0 amide bonds. The van der Waals surface area contributed by atoms with Crippen molar-refractivity contribution in [3.63, 3.8) is 0 Å². The van der Waals surface area contributed by atoms with Crippen molar-refractivity contribution in [3.8, 4) is 10.8 Å². The van der Waals surface area contributed by atoms with Gasteiger partial charge >= 0.3 is 5.97 Å². The van der Waals surface area contributed by atoms with Gasteiger partial charge in [0.05, 0.1) is 5.69 Å². The zero-order valence-corrected chi connectivity index (χ0v) is 8.36. The Morgan fingerprint density at radius 1 is 1.67 bits per heavy atom. The third-order valence-electron chi connectivity index (χ3n) is 1.81. The Bertz CT molecular complexity index is 465. The topological polar surface area (TPSA) is 105 Å². The molecule has 1 unspecified atom stereocenters. The highest BCUT2D eigenvalue weighted by atomic mass is 32.1. The summed E-state index contributed by atoms with van der Waals surface area (Å²) in [7, 11) is 0. The molecule has 2 rings (SSSR count). The van der Waals surface area contributed by atoms with Crippen LogP contribution in [-0.2, 0) is 4.79 Å². The first-order chi connectivity index (χ1) is 7.18. The van der Waals surface area contributed by atoms with Gasteiger partial charge in [0.25, 0.3) is 0 Å². The minimum absolute atomic E-state index is 0.346. The Morgan fingerprint density at radius 2 is 2.47 bits per heavy atom. The van der Waals surface area contributed by atoms with Crippen LogP contribution in [0.4, 0.5) is 0 Å². The van der Waals surface area contributed by atoms with Gasteiger partial charge in [0.2, 0.25) is 0 Å². The monoisotopic (exact) mass is 224 g/mol. The van der Waals surface area contributed by atoms with Gasteiger partial charge in [-0.3, -0.25) is 4.79 Å². The number of carbonyl (C=O) groups is 1. The molecule has 0 saturated carbocycles. The molecule has 0 aromatic carbocycles. The fourth-order valence-corrected chi connectivity index (χ4v) is 1.86. The van der Waals surface area contributed by atoms with Crippen molar-refractivity contribution in [3.05, 3.63) is 23.5 Å². The zero-order chi connectivity index (χ0) is 10.8. The summed E-state index contributed by atoms with van der Waals surface area (Å²) in [4.78, 5) is 21.6. The first-order valence-corrected chi connectivity index (χ1v) is 5.00. The normalized spacial score (nSPS) is 12.6. The summed E-state index contributed by atoms with van der Waals surface area (Å²) >= 11 is 1.30. The standard InChI is InChI=1S/C8H8N4O2S/c9-5(8(13)14)4-3-15-7(12-4)6-10-1-2-11-6/h1-3,5H,9H2,(H,10,11)(H,13,14). The quantitative estimate of drug-likeness (QED) is 0.708. The average Bonchev–Trinajstić information content (AvgIpc) is 2.86. The van der Waals surface area contributed by atoms with Crippen LogP contribution in [0.3, 0.4) is 0 Å². The van der Waals surface area contributed by atoms with Crippen LogP contribution in [-0.4, -0.2) is 26.0 Å². The number of aliphatic carboxylic acids is 1. The van der Waals surface area contributed by atoms with E-state index in [1.54, 1.807) is 17.8 Å². The van der Waals surface area contributed by atoms with Crippen LogP contribution in [0, 0.1) is 0 Å². The van der Waals surface area contributed by atoms with E-state index in [1.165, 1.54) is 11.3 Å². The molecule has 0 bridgehead atoms. The Labute approximate surface area is 88.8 Å². The number of H-pyrrole nitrogens is 1. The predicted octanol–water partition coefficient (Wildman–Crippen LogP) is 0.618. The molecule has 2 heterocycles. The van der Waals surface area contributed by atoms with Gasteiger partial charge in [-0.1, -0.05) is 0 Å². The van der Waals surface area contributed by atoms with Crippen molar-refractivity contribution in [2.45, 2.75) is 6.04 Å². The Kier molecular flexibility index (Phi) is 2.48. The van der Waals surface area contributed by atoms with Gasteiger partial charge in [0.15, 0.2) is 10.8 Å². The largest absolute Gasteiger partial charge is 0.480 e. The van der Waals surface area contributed by atoms with Crippen molar-refractivity contribution < 1.29 is 9.90 Å². The number of aromatic nitrogens is 3. The number of hydrogen-bond donors (Lipinski definition) is 3. The number of hydrogen-bond acceptors (Lipinski definition) is 5. The fourth-order valence-electron chi connectivity index (χ4n) is 1.05. The summed E-state index contributed by atoms with van der Waals surface area (Å²) in [6.45, 7) is 0. The Hall–Kier alpha value is -1.73. The number of nitrogens with one attached hydrogen (secondary N) is 1. The molecule has 0 fully saturated rings. The maximum atomic E-state index is 10.6. The van der Waals surface area contributed by atoms with Gasteiger partial charge in [0.1, 0.15) is 6.04 Å². The van der Waals surface area contributed by atoms with Crippen LogP contribution >= 0.6 is 11.3 Å². The van der Waals surface area contributed by atoms with E-state index < -0.39 is 12.0 Å². The van der Waals surface area contributed by atoms with E-state index in [-0.39, 0.29) is 0 Å². The van der Waals surface area contributed by atoms with Crippen LogP contribution in [0.5, 0.6) is 0 Å². The van der Waals surface area contributed by atoms with E-state index in [0.717, 1.165) is 0 Å². The Balaban J connectivity index is 2.28. The van der Waals surface area contributed by atoms with Gasteiger partial charge in [-0.05, 0) is 0 Å². The first kappa shape index (κ1) is 9.81. The van der Waals surface area contributed by atoms with Crippen molar-refractivity contribution in [2.24, 2.45) is 5.73 Å². The molecule has 1 atom stereocenters. The van der Waals surface area contributed by atoms with Crippen LogP contribution in [0.15, 0.2) is 17.8 Å². The molecule has 7 heteroatoms. The molecule has 0 aliphatic rings. The lowest BCUT2D eigenvalue weighted by Gasteiger charge is -1.99. The highest BCUT2D eigenvalue weighted by Crippen LogP contribution is 2.22. The number of aromatic amines is 1. The summed E-state index contributed by atoms with van der Waals surface area (Å²) < 4.78 is 0. The summed E-state index contributed by atoms with van der Waals surface area (Å²) in [5.41, 5.74) is 5.76. The van der Waals surface area contributed by atoms with E-state index in [1.807, 2.05) is 0 Å². The molecule has 0 aliphatic heterocycles. The minimum atomic E-state index is -1.09. The number of nitrogens with two attached hydrogens (primary N) is 1. The van der Waals surface area contributed by atoms with Crippen molar-refractivity contribution >= 4 is 17.3 Å². The second-order valence-corrected chi connectivity index (χ2v) is 3.69. The van der Waals surface area contributed by atoms with Gasteiger partial charge in [-0.15, -0.1) is 11.3 Å². The predicted molar refractivity (Wildman–Crippen MR) is 54.3 cm³/mol. The number of carboxylic acid groups (broad SMARTS) is 1. The van der Waals surface area contributed by atoms with Gasteiger partial charge in [0, 0.05) is 17.8 Å². The number of thiazole rings is 1. The van der Waals surface area contributed by atoms with E-state index >= 15 is 0 Å². The second kappa shape index (κ2) is 3.79. The SMILES string of the molecule is NC(C(=O)O)c1csc(-c2ncc[nH]2)n1. The third-order valence-corrected chi connectivity index (χ3v) is 2.67. The minimum Gasteiger partial charge on any atom is -0.480 e. The molecule has 78 valence electrons.